The molecule has 0 amide bonds. The van der Waals surface area contributed by atoms with Crippen LogP contribution in [0.15, 0.2) is 42.5 Å². The summed E-state index contributed by atoms with van der Waals surface area (Å²) in [7, 11) is 0. The number of hydrogen-bond acceptors (Lipinski definition) is 0. The van der Waals surface area contributed by atoms with Gasteiger partial charge in [0.2, 0.25) is 0 Å². The van der Waals surface area contributed by atoms with Crippen LogP contribution in [0, 0.1) is 6.92 Å². The predicted octanol–water partition coefficient (Wildman–Crippen LogP) is 5.70. The van der Waals surface area contributed by atoms with Crippen LogP contribution in [0.5, 0.6) is 0 Å². The fourth-order valence-corrected chi connectivity index (χ4v) is 2.09. The van der Waals surface area contributed by atoms with Gasteiger partial charge in [-0.25, -0.2) is 0 Å². The van der Waals surface area contributed by atoms with Crippen LogP contribution in [-0.4, -0.2) is 0 Å². The molecule has 0 fully saturated rings. The zero-order valence-corrected chi connectivity index (χ0v) is 10.8. The van der Waals surface area contributed by atoms with E-state index in [0.29, 0.717) is 5.56 Å². The zero-order chi connectivity index (χ0) is 15.8. The van der Waals surface area contributed by atoms with Crippen molar-refractivity contribution < 1.29 is 26.3 Å². The summed E-state index contributed by atoms with van der Waals surface area (Å²) in [6.45, 7) is 1.45. The van der Waals surface area contributed by atoms with E-state index >= 15 is 0 Å². The van der Waals surface area contributed by atoms with Crippen LogP contribution in [0.2, 0.25) is 0 Å². The van der Waals surface area contributed by atoms with Crippen LogP contribution < -0.4 is 0 Å². The van der Waals surface area contributed by atoms with Crippen molar-refractivity contribution in [2.75, 3.05) is 0 Å². The van der Waals surface area contributed by atoms with Crippen molar-refractivity contribution in [1.29, 1.82) is 0 Å². The molecule has 0 nitrogen and oxygen atoms in total. The lowest BCUT2D eigenvalue weighted by atomic mass is 9.93. The van der Waals surface area contributed by atoms with E-state index in [0.717, 1.165) is 30.3 Å². The summed E-state index contributed by atoms with van der Waals surface area (Å²) >= 11 is 0. The van der Waals surface area contributed by atoms with E-state index in [4.69, 9.17) is 0 Å². The molecule has 0 aliphatic carbocycles. The summed E-state index contributed by atoms with van der Waals surface area (Å²) in [6.07, 6.45) is -9.44. The van der Waals surface area contributed by atoms with Gasteiger partial charge in [-0.1, -0.05) is 35.9 Å². The van der Waals surface area contributed by atoms with Gasteiger partial charge in [-0.3, -0.25) is 0 Å². The topological polar surface area (TPSA) is 0 Å². The predicted molar refractivity (Wildman–Crippen MR) is 66.6 cm³/mol. The van der Waals surface area contributed by atoms with Crippen molar-refractivity contribution >= 4 is 0 Å². The van der Waals surface area contributed by atoms with Gasteiger partial charge in [0.1, 0.15) is 0 Å². The molecule has 0 heterocycles. The number of rotatable bonds is 1. The van der Waals surface area contributed by atoms with Gasteiger partial charge >= 0.3 is 12.4 Å². The van der Waals surface area contributed by atoms with Gasteiger partial charge in [0.05, 0.1) is 11.1 Å². The van der Waals surface area contributed by atoms with Crippen LogP contribution in [-0.2, 0) is 12.4 Å². The molecule has 6 heteroatoms. The summed E-state index contributed by atoms with van der Waals surface area (Å²) in [5, 5.41) is 0. The van der Waals surface area contributed by atoms with Crippen molar-refractivity contribution in [3.63, 3.8) is 0 Å². The highest BCUT2D eigenvalue weighted by Gasteiger charge is 2.38. The van der Waals surface area contributed by atoms with Gasteiger partial charge in [0.15, 0.2) is 0 Å². The average Bonchev–Trinajstić information content (AvgIpc) is 2.36. The molecule has 0 saturated carbocycles. The zero-order valence-electron chi connectivity index (χ0n) is 10.8. The lowest BCUT2D eigenvalue weighted by Gasteiger charge is -2.17. The van der Waals surface area contributed by atoms with E-state index in [2.05, 4.69) is 0 Å². The SMILES string of the molecule is Cc1ccc(-c2ccccc2C(F)(F)F)c(C(F)(F)F)c1. The molecule has 2 aromatic rings. The minimum absolute atomic E-state index is 0.329. The standard InChI is InChI=1S/C15H10F6/c1-9-6-7-11(13(8-9)15(19,20)21)10-4-2-3-5-12(10)14(16,17)18/h2-8H,1H3. The Labute approximate surface area is 117 Å². The first-order chi connectivity index (χ1) is 9.60. The molecule has 0 atom stereocenters. The van der Waals surface area contributed by atoms with Crippen molar-refractivity contribution in [1.82, 2.24) is 0 Å². The fourth-order valence-electron chi connectivity index (χ4n) is 2.09. The maximum Gasteiger partial charge on any atom is 0.417 e. The highest BCUT2D eigenvalue weighted by molar-refractivity contribution is 5.72. The summed E-state index contributed by atoms with van der Waals surface area (Å²) in [5.41, 5.74) is -2.77. The minimum atomic E-state index is -4.72. The van der Waals surface area contributed by atoms with E-state index in [1.807, 2.05) is 0 Å². The van der Waals surface area contributed by atoms with Crippen LogP contribution in [0.4, 0.5) is 26.3 Å². The lowest BCUT2D eigenvalue weighted by Crippen LogP contribution is -2.11. The Morgan fingerprint density at radius 3 is 1.76 bits per heavy atom. The monoisotopic (exact) mass is 304 g/mol. The van der Waals surface area contributed by atoms with Gasteiger partial charge in [-0.15, -0.1) is 0 Å². The summed E-state index contributed by atoms with van der Waals surface area (Å²) in [6, 6.07) is 7.53. The molecule has 0 spiro atoms. The second-order valence-corrected chi connectivity index (χ2v) is 4.59. The van der Waals surface area contributed by atoms with Crippen molar-refractivity contribution in [3.8, 4) is 11.1 Å². The van der Waals surface area contributed by atoms with E-state index in [9.17, 15) is 26.3 Å². The summed E-state index contributed by atoms with van der Waals surface area (Å²) < 4.78 is 78.1. The van der Waals surface area contributed by atoms with Crippen LogP contribution in [0.3, 0.4) is 0 Å². The molecule has 0 saturated heterocycles. The Bertz CT molecular complexity index is 652. The number of hydrogen-bond donors (Lipinski definition) is 0. The summed E-state index contributed by atoms with van der Waals surface area (Å²) in [5.74, 6) is 0. The maximum absolute atomic E-state index is 13.1. The quantitative estimate of drug-likeness (QED) is 0.593. The number of aryl methyl sites for hydroxylation is 1. The molecule has 0 radical (unpaired) electrons. The molecule has 0 aromatic heterocycles. The number of halogens is 6. The van der Waals surface area contributed by atoms with Gasteiger partial charge in [0.25, 0.3) is 0 Å². The maximum atomic E-state index is 13.1. The highest BCUT2D eigenvalue weighted by Crippen LogP contribution is 2.42. The van der Waals surface area contributed by atoms with Crippen LogP contribution in [0.25, 0.3) is 11.1 Å². The minimum Gasteiger partial charge on any atom is -0.166 e. The van der Waals surface area contributed by atoms with Crippen molar-refractivity contribution in [2.24, 2.45) is 0 Å². The third-order valence-electron chi connectivity index (χ3n) is 3.00. The smallest absolute Gasteiger partial charge is 0.166 e. The van der Waals surface area contributed by atoms with Gasteiger partial charge in [0, 0.05) is 0 Å². The third-order valence-corrected chi connectivity index (χ3v) is 3.00. The second kappa shape index (κ2) is 5.09. The first-order valence-corrected chi connectivity index (χ1v) is 5.95. The fraction of sp³-hybridized carbons (Fsp3) is 0.200. The van der Waals surface area contributed by atoms with Gasteiger partial charge < -0.3 is 0 Å². The van der Waals surface area contributed by atoms with E-state index < -0.39 is 34.6 Å². The number of benzene rings is 2. The largest absolute Gasteiger partial charge is 0.417 e. The third kappa shape index (κ3) is 3.20. The molecule has 0 aliphatic rings. The molecule has 21 heavy (non-hydrogen) atoms. The molecule has 0 N–H and O–H groups in total. The molecule has 2 rings (SSSR count). The highest BCUT2D eigenvalue weighted by atomic mass is 19.4. The Morgan fingerprint density at radius 2 is 1.19 bits per heavy atom. The van der Waals surface area contributed by atoms with Gasteiger partial charge in [-0.05, 0) is 30.2 Å². The average molecular weight is 304 g/mol. The van der Waals surface area contributed by atoms with Gasteiger partial charge in [-0.2, -0.15) is 26.3 Å². The Hall–Kier alpha value is -1.98. The molecule has 0 aliphatic heterocycles. The van der Waals surface area contributed by atoms with E-state index in [1.165, 1.54) is 19.1 Å². The first kappa shape index (κ1) is 15.4. The van der Waals surface area contributed by atoms with E-state index in [1.54, 1.807) is 0 Å². The Morgan fingerprint density at radius 1 is 0.667 bits per heavy atom. The first-order valence-electron chi connectivity index (χ1n) is 5.95. The molecule has 112 valence electrons. The van der Waals surface area contributed by atoms with E-state index in [-0.39, 0.29) is 0 Å². The normalized spacial score (nSPS) is 12.5. The molecule has 0 unspecified atom stereocenters. The van der Waals surface area contributed by atoms with Crippen molar-refractivity contribution in [3.05, 3.63) is 59.2 Å². The molecule has 2 aromatic carbocycles. The summed E-state index contributed by atoms with van der Waals surface area (Å²) in [4.78, 5) is 0. The molecular weight excluding hydrogens is 294 g/mol. The van der Waals surface area contributed by atoms with Crippen LogP contribution in [0.1, 0.15) is 16.7 Å². The second-order valence-electron chi connectivity index (χ2n) is 4.59. The Kier molecular flexibility index (Phi) is 3.74. The molecular formula is C15H10F6. The Balaban J connectivity index is 2.75. The number of alkyl halides is 6. The molecule has 0 bridgehead atoms. The van der Waals surface area contributed by atoms with Crippen LogP contribution >= 0.6 is 0 Å². The van der Waals surface area contributed by atoms with Crippen molar-refractivity contribution in [2.45, 2.75) is 19.3 Å². The lowest BCUT2D eigenvalue weighted by molar-refractivity contribution is -0.139.